The molecular formula is C32H31ClFN7O2S. The van der Waals surface area contributed by atoms with Crippen molar-refractivity contribution in [2.75, 3.05) is 18.4 Å². The Morgan fingerprint density at radius 1 is 1.11 bits per heavy atom. The summed E-state index contributed by atoms with van der Waals surface area (Å²) in [6, 6.07) is 11.1. The molecule has 4 aromatic rings. The van der Waals surface area contributed by atoms with E-state index in [0.717, 1.165) is 32.3 Å². The SMILES string of the molecule is Cc1sc2c(c1C)C(c1ccc(Cl)cc1)=NC(CC(=O)NCCCC(=O)Nc1ccc(F)c(C#CCN)c1)c1nnc(C)n1-2. The van der Waals surface area contributed by atoms with Gasteiger partial charge in [-0.15, -0.1) is 21.5 Å². The van der Waals surface area contributed by atoms with Crippen LogP contribution in [0.5, 0.6) is 0 Å². The predicted molar refractivity (Wildman–Crippen MR) is 171 cm³/mol. The van der Waals surface area contributed by atoms with Crippen LogP contribution < -0.4 is 16.4 Å². The van der Waals surface area contributed by atoms with Gasteiger partial charge in [-0.2, -0.15) is 0 Å². The summed E-state index contributed by atoms with van der Waals surface area (Å²) in [7, 11) is 0. The molecule has 0 saturated carbocycles. The van der Waals surface area contributed by atoms with Gasteiger partial charge >= 0.3 is 0 Å². The molecular weight excluding hydrogens is 601 g/mol. The molecule has 3 heterocycles. The van der Waals surface area contributed by atoms with Crippen LogP contribution in [0.1, 0.15) is 64.1 Å². The van der Waals surface area contributed by atoms with E-state index in [9.17, 15) is 14.0 Å². The second-order valence-corrected chi connectivity index (χ2v) is 12.0. The van der Waals surface area contributed by atoms with Gasteiger partial charge in [-0.1, -0.05) is 35.6 Å². The molecule has 1 unspecified atom stereocenters. The van der Waals surface area contributed by atoms with Gasteiger partial charge in [0, 0.05) is 39.7 Å². The highest BCUT2D eigenvalue weighted by atomic mass is 35.5. The number of carbonyl (C=O) groups is 2. The minimum atomic E-state index is -0.584. The average Bonchev–Trinajstić information content (AvgIpc) is 3.47. The summed E-state index contributed by atoms with van der Waals surface area (Å²) in [6.45, 7) is 6.44. The molecule has 1 atom stereocenters. The van der Waals surface area contributed by atoms with Gasteiger partial charge in [-0.25, -0.2) is 4.39 Å². The van der Waals surface area contributed by atoms with Crippen LogP contribution in [0.15, 0.2) is 47.5 Å². The topological polar surface area (TPSA) is 127 Å². The molecule has 9 nitrogen and oxygen atoms in total. The van der Waals surface area contributed by atoms with E-state index in [1.54, 1.807) is 11.3 Å². The number of anilines is 1. The van der Waals surface area contributed by atoms with Gasteiger partial charge in [0.05, 0.1) is 24.2 Å². The average molecular weight is 632 g/mol. The van der Waals surface area contributed by atoms with Crippen LogP contribution in [0, 0.1) is 38.4 Å². The quantitative estimate of drug-likeness (QED) is 0.183. The fraction of sp³-hybridized carbons (Fsp3) is 0.281. The van der Waals surface area contributed by atoms with Crippen molar-refractivity contribution in [1.29, 1.82) is 0 Å². The molecule has 0 spiro atoms. The van der Waals surface area contributed by atoms with Gasteiger partial charge in [0.2, 0.25) is 11.8 Å². The van der Waals surface area contributed by atoms with Gasteiger partial charge in [-0.05, 0) is 63.1 Å². The van der Waals surface area contributed by atoms with Crippen LogP contribution in [0.3, 0.4) is 0 Å². The Labute approximate surface area is 263 Å². The Balaban J connectivity index is 1.27. The predicted octanol–water partition coefficient (Wildman–Crippen LogP) is 5.17. The molecule has 0 bridgehead atoms. The van der Waals surface area contributed by atoms with Gasteiger partial charge in [0.15, 0.2) is 5.82 Å². The van der Waals surface area contributed by atoms with Crippen molar-refractivity contribution in [3.8, 4) is 16.8 Å². The smallest absolute Gasteiger partial charge is 0.224 e. The van der Waals surface area contributed by atoms with Gasteiger partial charge in [0.25, 0.3) is 0 Å². The standard InChI is InChI=1S/C32H31ClFN7O2S/c1-18-19(2)44-32-29(18)30(21-8-10-23(33)11-9-21)38-26(31-40-39-20(3)41(31)32)17-28(43)36-15-5-7-27(42)37-24-12-13-25(34)22(16-24)6-4-14-35/h8-13,16,26H,5,7,14-15,17,35H2,1-3H3,(H,36,43)(H,37,42). The van der Waals surface area contributed by atoms with E-state index in [1.165, 1.54) is 18.2 Å². The van der Waals surface area contributed by atoms with Crippen molar-refractivity contribution in [1.82, 2.24) is 20.1 Å². The third-order valence-corrected chi connectivity index (χ3v) is 8.66. The van der Waals surface area contributed by atoms with Crippen LogP contribution in [-0.2, 0) is 9.59 Å². The van der Waals surface area contributed by atoms with E-state index in [1.807, 2.05) is 35.8 Å². The van der Waals surface area contributed by atoms with Crippen molar-refractivity contribution in [3.05, 3.63) is 92.1 Å². The van der Waals surface area contributed by atoms with Gasteiger partial charge < -0.3 is 16.4 Å². The number of aromatic nitrogens is 3. The first kappa shape index (κ1) is 31.1. The molecule has 226 valence electrons. The number of carbonyl (C=O) groups excluding carboxylic acids is 2. The number of nitrogens with two attached hydrogens (primary N) is 1. The minimum absolute atomic E-state index is 0.0522. The largest absolute Gasteiger partial charge is 0.356 e. The monoisotopic (exact) mass is 631 g/mol. The van der Waals surface area contributed by atoms with Crippen LogP contribution in [0.4, 0.5) is 10.1 Å². The number of thiophene rings is 1. The van der Waals surface area contributed by atoms with E-state index in [2.05, 4.69) is 46.5 Å². The van der Waals surface area contributed by atoms with E-state index < -0.39 is 11.9 Å². The minimum Gasteiger partial charge on any atom is -0.356 e. The molecule has 0 aliphatic carbocycles. The number of amides is 2. The first-order valence-electron chi connectivity index (χ1n) is 14.1. The number of rotatable bonds is 8. The van der Waals surface area contributed by atoms with E-state index in [0.29, 0.717) is 35.3 Å². The van der Waals surface area contributed by atoms with Crippen molar-refractivity contribution >= 4 is 46.2 Å². The first-order valence-corrected chi connectivity index (χ1v) is 15.3. The lowest BCUT2D eigenvalue weighted by Gasteiger charge is -2.13. The first-order chi connectivity index (χ1) is 21.2. The molecule has 1 aliphatic heterocycles. The zero-order chi connectivity index (χ0) is 31.4. The molecule has 1 aliphatic rings. The van der Waals surface area contributed by atoms with Crippen molar-refractivity contribution in [2.24, 2.45) is 10.7 Å². The lowest BCUT2D eigenvalue weighted by molar-refractivity contribution is -0.122. The summed E-state index contributed by atoms with van der Waals surface area (Å²) in [5.74, 6) is 5.59. The summed E-state index contributed by atoms with van der Waals surface area (Å²) < 4.78 is 15.9. The van der Waals surface area contributed by atoms with Crippen LogP contribution in [-0.4, -0.2) is 45.4 Å². The maximum absolute atomic E-state index is 13.9. The molecule has 5 rings (SSSR count). The number of aryl methyl sites for hydroxylation is 2. The highest BCUT2D eigenvalue weighted by Gasteiger charge is 2.32. The fourth-order valence-electron chi connectivity index (χ4n) is 4.93. The number of nitrogens with one attached hydrogen (secondary N) is 2. The summed E-state index contributed by atoms with van der Waals surface area (Å²) in [5.41, 5.74) is 9.73. The Bertz CT molecular complexity index is 1820. The highest BCUT2D eigenvalue weighted by molar-refractivity contribution is 7.15. The molecule has 4 N–H and O–H groups in total. The van der Waals surface area contributed by atoms with Crippen molar-refractivity contribution < 1.29 is 14.0 Å². The lowest BCUT2D eigenvalue weighted by atomic mass is 9.99. The second-order valence-electron chi connectivity index (χ2n) is 10.3. The number of hydrogen-bond donors (Lipinski definition) is 3. The number of aliphatic imine (C=N–C) groups is 1. The summed E-state index contributed by atoms with van der Waals surface area (Å²) >= 11 is 7.83. The number of halogens is 2. The number of benzene rings is 2. The fourth-order valence-corrected chi connectivity index (χ4v) is 6.27. The van der Waals surface area contributed by atoms with Crippen LogP contribution >= 0.6 is 22.9 Å². The number of fused-ring (bicyclic) bond motifs is 3. The third kappa shape index (κ3) is 6.73. The molecule has 2 aromatic carbocycles. The van der Waals surface area contributed by atoms with Crippen LogP contribution in [0.2, 0.25) is 5.02 Å². The maximum atomic E-state index is 13.9. The molecule has 44 heavy (non-hydrogen) atoms. The zero-order valence-electron chi connectivity index (χ0n) is 24.5. The Kier molecular flexibility index (Phi) is 9.54. The molecule has 0 fully saturated rings. The van der Waals surface area contributed by atoms with Crippen molar-refractivity contribution in [2.45, 2.75) is 46.1 Å². The molecule has 12 heteroatoms. The lowest BCUT2D eigenvalue weighted by Crippen LogP contribution is -2.27. The normalized spacial score (nSPS) is 13.6. The summed E-state index contributed by atoms with van der Waals surface area (Å²) in [6.07, 6.45) is 0.625. The highest BCUT2D eigenvalue weighted by Crippen LogP contribution is 2.39. The van der Waals surface area contributed by atoms with Gasteiger partial charge in [-0.3, -0.25) is 19.1 Å². The Morgan fingerprint density at radius 3 is 2.64 bits per heavy atom. The zero-order valence-corrected chi connectivity index (χ0v) is 26.1. The molecule has 0 saturated heterocycles. The number of nitrogens with zero attached hydrogens (tertiary/aromatic N) is 4. The number of hydrogen-bond acceptors (Lipinski definition) is 7. The Morgan fingerprint density at radius 2 is 1.89 bits per heavy atom. The molecule has 2 aromatic heterocycles. The summed E-state index contributed by atoms with van der Waals surface area (Å²) in [4.78, 5) is 31.9. The second kappa shape index (κ2) is 13.5. The summed E-state index contributed by atoms with van der Waals surface area (Å²) in [5, 5.41) is 16.0. The van der Waals surface area contributed by atoms with Gasteiger partial charge in [0.1, 0.15) is 22.7 Å². The van der Waals surface area contributed by atoms with E-state index >= 15 is 0 Å². The maximum Gasteiger partial charge on any atom is 0.224 e. The van der Waals surface area contributed by atoms with E-state index in [4.69, 9.17) is 22.3 Å². The molecule has 2 amide bonds. The van der Waals surface area contributed by atoms with Crippen molar-refractivity contribution in [3.63, 3.8) is 0 Å². The third-order valence-electron chi connectivity index (χ3n) is 7.21. The van der Waals surface area contributed by atoms with E-state index in [-0.39, 0.29) is 36.8 Å². The van der Waals surface area contributed by atoms with Crippen LogP contribution in [0.25, 0.3) is 5.00 Å². The Hall–Kier alpha value is -4.37. The molecule has 0 radical (unpaired) electrons.